The Morgan fingerprint density at radius 1 is 1.05 bits per heavy atom. The van der Waals surface area contributed by atoms with Gasteiger partial charge >= 0.3 is 0 Å². The van der Waals surface area contributed by atoms with E-state index in [4.69, 9.17) is 4.42 Å². The summed E-state index contributed by atoms with van der Waals surface area (Å²) in [5, 5.41) is 14.9. The molecule has 0 saturated carbocycles. The molecule has 0 aliphatic rings. The Morgan fingerprint density at radius 3 is 2.86 bits per heavy atom. The molecule has 0 aliphatic carbocycles. The number of aliphatic hydroxyl groups is 1. The van der Waals surface area contributed by atoms with E-state index in [0.717, 1.165) is 26.6 Å². The van der Waals surface area contributed by atoms with E-state index in [9.17, 15) is 5.11 Å². The molecule has 4 aromatic rings. The Hall–Kier alpha value is -2.10. The molecule has 1 atom stereocenters. The van der Waals surface area contributed by atoms with Gasteiger partial charge in [-0.3, -0.25) is 0 Å². The fraction of sp³-hybridized carbons (Fsp3) is 0.111. The molecule has 0 aliphatic heterocycles. The van der Waals surface area contributed by atoms with Crippen LogP contribution < -0.4 is 0 Å². The van der Waals surface area contributed by atoms with Crippen molar-refractivity contribution in [2.75, 3.05) is 0 Å². The van der Waals surface area contributed by atoms with Crippen LogP contribution in [0.1, 0.15) is 23.0 Å². The van der Waals surface area contributed by atoms with Gasteiger partial charge in [-0.1, -0.05) is 29.8 Å². The van der Waals surface area contributed by atoms with Crippen LogP contribution in [0.2, 0.25) is 0 Å². The molecule has 1 N–H and O–H groups in total. The van der Waals surface area contributed by atoms with Crippen molar-refractivity contribution in [2.45, 2.75) is 13.0 Å². The van der Waals surface area contributed by atoms with Crippen molar-refractivity contribution >= 4 is 32.4 Å². The predicted octanol–water partition coefficient (Wildman–Crippen LogP) is 5.04. The summed E-state index contributed by atoms with van der Waals surface area (Å²) >= 11 is 1.64. The van der Waals surface area contributed by atoms with Gasteiger partial charge in [0.15, 0.2) is 0 Å². The minimum atomic E-state index is -0.736. The van der Waals surface area contributed by atoms with Gasteiger partial charge < -0.3 is 9.52 Å². The van der Waals surface area contributed by atoms with Crippen molar-refractivity contribution < 1.29 is 9.52 Å². The highest BCUT2D eigenvalue weighted by molar-refractivity contribution is 7.17. The van der Waals surface area contributed by atoms with Crippen LogP contribution in [0.25, 0.3) is 21.1 Å². The van der Waals surface area contributed by atoms with Gasteiger partial charge in [0.1, 0.15) is 17.4 Å². The molecule has 0 amide bonds. The smallest absolute Gasteiger partial charge is 0.138 e. The molecule has 104 valence electrons. The zero-order valence-electron chi connectivity index (χ0n) is 11.5. The number of furan rings is 1. The molecule has 0 saturated heterocycles. The molecule has 1 unspecified atom stereocenters. The Balaban J connectivity index is 1.85. The highest BCUT2D eigenvalue weighted by Crippen LogP contribution is 2.34. The summed E-state index contributed by atoms with van der Waals surface area (Å²) in [5.74, 6) is 0.594. The maximum Gasteiger partial charge on any atom is 0.138 e. The standard InChI is InChI=1S/C18H14O2S/c1-11-5-6-15-13(9-11)10-16(20-15)17(19)14-4-2-3-12-7-8-21-18(12)14/h2-10,17,19H,1H3. The van der Waals surface area contributed by atoms with E-state index in [0.29, 0.717) is 5.76 Å². The molecule has 0 fully saturated rings. The lowest BCUT2D eigenvalue weighted by Crippen LogP contribution is -1.97. The van der Waals surface area contributed by atoms with Crippen LogP contribution in [0.15, 0.2) is 58.3 Å². The third kappa shape index (κ3) is 2.06. The fourth-order valence-electron chi connectivity index (χ4n) is 2.70. The van der Waals surface area contributed by atoms with Gasteiger partial charge in [-0.2, -0.15) is 0 Å². The molecule has 2 aromatic carbocycles. The molecule has 2 nitrogen and oxygen atoms in total. The molecule has 4 rings (SSSR count). The number of hydrogen-bond donors (Lipinski definition) is 1. The Bertz CT molecular complexity index is 933. The number of aryl methyl sites for hydroxylation is 1. The predicted molar refractivity (Wildman–Crippen MR) is 86.8 cm³/mol. The van der Waals surface area contributed by atoms with Gasteiger partial charge in [0.25, 0.3) is 0 Å². The zero-order valence-corrected chi connectivity index (χ0v) is 12.4. The summed E-state index contributed by atoms with van der Waals surface area (Å²) in [6.07, 6.45) is -0.736. The van der Waals surface area contributed by atoms with E-state index in [1.807, 2.05) is 35.7 Å². The summed E-state index contributed by atoms with van der Waals surface area (Å²) < 4.78 is 6.93. The van der Waals surface area contributed by atoms with Crippen LogP contribution >= 0.6 is 11.3 Å². The normalized spacial score (nSPS) is 13.0. The molecular formula is C18H14O2S. The topological polar surface area (TPSA) is 33.4 Å². The summed E-state index contributed by atoms with van der Waals surface area (Å²) in [7, 11) is 0. The number of fused-ring (bicyclic) bond motifs is 2. The highest BCUT2D eigenvalue weighted by atomic mass is 32.1. The Labute approximate surface area is 126 Å². The fourth-order valence-corrected chi connectivity index (χ4v) is 3.64. The molecule has 2 aromatic heterocycles. The third-order valence-corrected chi connectivity index (χ3v) is 4.74. The quantitative estimate of drug-likeness (QED) is 0.562. The van der Waals surface area contributed by atoms with E-state index in [1.54, 1.807) is 11.3 Å². The number of thiophene rings is 1. The number of hydrogen-bond acceptors (Lipinski definition) is 3. The van der Waals surface area contributed by atoms with Gasteiger partial charge in [0.05, 0.1) is 0 Å². The minimum absolute atomic E-state index is 0.594. The van der Waals surface area contributed by atoms with E-state index < -0.39 is 6.10 Å². The first-order valence-corrected chi connectivity index (χ1v) is 7.74. The van der Waals surface area contributed by atoms with Crippen molar-refractivity contribution in [3.8, 4) is 0 Å². The maximum atomic E-state index is 10.7. The third-order valence-electron chi connectivity index (χ3n) is 3.76. The lowest BCUT2D eigenvalue weighted by molar-refractivity contribution is 0.194. The number of rotatable bonds is 2. The first-order valence-electron chi connectivity index (χ1n) is 6.87. The van der Waals surface area contributed by atoms with E-state index in [2.05, 4.69) is 25.1 Å². The maximum absolute atomic E-state index is 10.7. The average Bonchev–Trinajstić information content (AvgIpc) is 3.11. The number of benzene rings is 2. The van der Waals surface area contributed by atoms with Crippen molar-refractivity contribution in [3.05, 3.63) is 70.8 Å². The van der Waals surface area contributed by atoms with Crippen molar-refractivity contribution in [1.29, 1.82) is 0 Å². The van der Waals surface area contributed by atoms with Gasteiger partial charge in [0.2, 0.25) is 0 Å². The Morgan fingerprint density at radius 2 is 1.95 bits per heavy atom. The second-order valence-corrected chi connectivity index (χ2v) is 6.19. The molecule has 21 heavy (non-hydrogen) atoms. The van der Waals surface area contributed by atoms with Crippen molar-refractivity contribution in [2.24, 2.45) is 0 Å². The lowest BCUT2D eigenvalue weighted by Gasteiger charge is -2.09. The van der Waals surface area contributed by atoms with Gasteiger partial charge in [-0.15, -0.1) is 11.3 Å². The Kier molecular flexibility index (Phi) is 2.84. The molecule has 0 radical (unpaired) electrons. The molecule has 0 bridgehead atoms. The summed E-state index contributed by atoms with van der Waals surface area (Å²) in [6.45, 7) is 2.05. The van der Waals surface area contributed by atoms with Crippen LogP contribution in [0.3, 0.4) is 0 Å². The SMILES string of the molecule is Cc1ccc2oc(C(O)c3cccc4ccsc34)cc2c1. The second-order valence-electron chi connectivity index (χ2n) is 5.28. The molecule has 0 spiro atoms. The molecular weight excluding hydrogens is 280 g/mol. The molecule has 2 heterocycles. The first kappa shape index (κ1) is 12.6. The summed E-state index contributed by atoms with van der Waals surface area (Å²) in [5.41, 5.74) is 2.90. The van der Waals surface area contributed by atoms with E-state index in [-0.39, 0.29) is 0 Å². The van der Waals surface area contributed by atoms with Crippen LogP contribution in [-0.2, 0) is 0 Å². The minimum Gasteiger partial charge on any atom is -0.458 e. The zero-order chi connectivity index (χ0) is 14.4. The van der Waals surface area contributed by atoms with Crippen molar-refractivity contribution in [1.82, 2.24) is 0 Å². The van der Waals surface area contributed by atoms with Crippen LogP contribution in [0.4, 0.5) is 0 Å². The number of aliphatic hydroxyl groups excluding tert-OH is 1. The lowest BCUT2D eigenvalue weighted by atomic mass is 10.1. The summed E-state index contributed by atoms with van der Waals surface area (Å²) in [6, 6.07) is 16.0. The van der Waals surface area contributed by atoms with Crippen molar-refractivity contribution in [3.63, 3.8) is 0 Å². The average molecular weight is 294 g/mol. The highest BCUT2D eigenvalue weighted by Gasteiger charge is 2.18. The monoisotopic (exact) mass is 294 g/mol. The van der Waals surface area contributed by atoms with Gasteiger partial charge in [-0.05, 0) is 42.0 Å². The second kappa shape index (κ2) is 4.72. The van der Waals surface area contributed by atoms with Gasteiger partial charge in [0, 0.05) is 15.6 Å². The van der Waals surface area contributed by atoms with E-state index in [1.165, 1.54) is 5.56 Å². The van der Waals surface area contributed by atoms with Crippen LogP contribution in [-0.4, -0.2) is 5.11 Å². The van der Waals surface area contributed by atoms with Gasteiger partial charge in [-0.25, -0.2) is 0 Å². The van der Waals surface area contributed by atoms with Crippen LogP contribution in [0.5, 0.6) is 0 Å². The van der Waals surface area contributed by atoms with Crippen LogP contribution in [0, 0.1) is 6.92 Å². The largest absolute Gasteiger partial charge is 0.458 e. The summed E-state index contributed by atoms with van der Waals surface area (Å²) in [4.78, 5) is 0. The first-order chi connectivity index (χ1) is 10.2. The van der Waals surface area contributed by atoms with E-state index >= 15 is 0 Å². The molecule has 3 heteroatoms.